The molecule has 16 heavy (non-hydrogen) atoms. The van der Waals surface area contributed by atoms with Crippen molar-refractivity contribution in [3.05, 3.63) is 12.4 Å². The van der Waals surface area contributed by atoms with Crippen molar-refractivity contribution in [2.45, 2.75) is 38.8 Å². The molecule has 5 heteroatoms. The minimum atomic E-state index is -0.750. The van der Waals surface area contributed by atoms with Crippen molar-refractivity contribution in [1.82, 2.24) is 9.55 Å². The van der Waals surface area contributed by atoms with E-state index in [1.54, 1.807) is 6.20 Å². The van der Waals surface area contributed by atoms with Crippen molar-refractivity contribution in [2.75, 3.05) is 11.4 Å². The number of carbonyl (C=O) groups is 1. The van der Waals surface area contributed by atoms with Crippen LogP contribution in [0.4, 0.5) is 5.95 Å². The van der Waals surface area contributed by atoms with Gasteiger partial charge in [0.1, 0.15) is 0 Å². The predicted molar refractivity (Wildman–Crippen MR) is 60.5 cm³/mol. The maximum absolute atomic E-state index is 10.6. The molecule has 1 N–H and O–H groups in total. The fourth-order valence-electron chi connectivity index (χ4n) is 1.86. The molecule has 88 valence electrons. The van der Waals surface area contributed by atoms with Crippen LogP contribution in [-0.4, -0.2) is 33.2 Å². The van der Waals surface area contributed by atoms with Crippen LogP contribution in [-0.2, 0) is 11.3 Å². The standard InChI is InChI=1S/C11H17N3O2/c1-2-13-8-6-12-11(13)14(9-3-4-9)7-5-10(15)16/h6,8-9H,2-5,7H2,1H3,(H,15,16). The minimum Gasteiger partial charge on any atom is -0.481 e. The number of hydrogen-bond donors (Lipinski definition) is 1. The number of rotatable bonds is 6. The van der Waals surface area contributed by atoms with E-state index in [9.17, 15) is 4.79 Å². The van der Waals surface area contributed by atoms with Crippen molar-refractivity contribution in [2.24, 2.45) is 0 Å². The molecule has 0 atom stereocenters. The normalized spacial score (nSPS) is 15.1. The van der Waals surface area contributed by atoms with Crippen molar-refractivity contribution >= 4 is 11.9 Å². The van der Waals surface area contributed by atoms with Gasteiger partial charge < -0.3 is 14.6 Å². The topological polar surface area (TPSA) is 58.4 Å². The van der Waals surface area contributed by atoms with Gasteiger partial charge in [0.05, 0.1) is 6.42 Å². The van der Waals surface area contributed by atoms with Gasteiger partial charge in [0.15, 0.2) is 0 Å². The maximum Gasteiger partial charge on any atom is 0.305 e. The third kappa shape index (κ3) is 2.35. The summed E-state index contributed by atoms with van der Waals surface area (Å²) in [7, 11) is 0. The Hall–Kier alpha value is -1.52. The highest BCUT2D eigenvalue weighted by Gasteiger charge is 2.31. The molecule has 1 aromatic rings. The quantitative estimate of drug-likeness (QED) is 0.790. The number of carboxylic acids is 1. The van der Waals surface area contributed by atoms with Crippen molar-refractivity contribution < 1.29 is 9.90 Å². The summed E-state index contributed by atoms with van der Waals surface area (Å²) in [6.45, 7) is 3.48. The van der Waals surface area contributed by atoms with Crippen LogP contribution in [0.15, 0.2) is 12.4 Å². The first kappa shape index (κ1) is 11.0. The van der Waals surface area contributed by atoms with Crippen LogP contribution in [0, 0.1) is 0 Å². The maximum atomic E-state index is 10.6. The molecule has 0 bridgehead atoms. The van der Waals surface area contributed by atoms with E-state index in [0.29, 0.717) is 12.6 Å². The summed E-state index contributed by atoms with van der Waals surface area (Å²) in [5.74, 6) is 0.159. The van der Waals surface area contributed by atoms with Gasteiger partial charge in [-0.05, 0) is 19.8 Å². The highest BCUT2D eigenvalue weighted by Crippen LogP contribution is 2.30. The molecular formula is C11H17N3O2. The van der Waals surface area contributed by atoms with Crippen LogP contribution < -0.4 is 4.90 Å². The lowest BCUT2D eigenvalue weighted by Crippen LogP contribution is -2.31. The molecule has 1 aliphatic carbocycles. The summed E-state index contributed by atoms with van der Waals surface area (Å²) in [5.41, 5.74) is 0. The number of aliphatic carboxylic acids is 1. The minimum absolute atomic E-state index is 0.174. The molecule has 0 unspecified atom stereocenters. The van der Waals surface area contributed by atoms with Gasteiger partial charge in [-0.1, -0.05) is 0 Å². The lowest BCUT2D eigenvalue weighted by atomic mass is 10.4. The van der Waals surface area contributed by atoms with Crippen LogP contribution in [0.3, 0.4) is 0 Å². The van der Waals surface area contributed by atoms with Gasteiger partial charge in [0.25, 0.3) is 0 Å². The van der Waals surface area contributed by atoms with Crippen molar-refractivity contribution in [3.8, 4) is 0 Å². The fraction of sp³-hybridized carbons (Fsp3) is 0.636. The van der Waals surface area contributed by atoms with Gasteiger partial charge in [0.2, 0.25) is 5.95 Å². The molecule has 0 aliphatic heterocycles. The van der Waals surface area contributed by atoms with E-state index in [1.807, 2.05) is 6.20 Å². The molecule has 0 saturated heterocycles. The zero-order valence-electron chi connectivity index (χ0n) is 9.46. The van der Waals surface area contributed by atoms with E-state index in [1.165, 1.54) is 0 Å². The highest BCUT2D eigenvalue weighted by atomic mass is 16.4. The fourth-order valence-corrected chi connectivity index (χ4v) is 1.86. The summed E-state index contributed by atoms with van der Waals surface area (Å²) < 4.78 is 2.06. The number of aromatic nitrogens is 2. The van der Waals surface area contributed by atoms with E-state index in [2.05, 4.69) is 21.4 Å². The molecule has 1 fully saturated rings. The number of nitrogens with zero attached hydrogens (tertiary/aromatic N) is 3. The van der Waals surface area contributed by atoms with Gasteiger partial charge in [-0.25, -0.2) is 4.98 Å². The van der Waals surface area contributed by atoms with Crippen molar-refractivity contribution in [1.29, 1.82) is 0 Å². The van der Waals surface area contributed by atoms with E-state index >= 15 is 0 Å². The SMILES string of the molecule is CCn1ccnc1N(CCC(=O)O)C1CC1. The van der Waals surface area contributed by atoms with Gasteiger partial charge >= 0.3 is 5.97 Å². The number of aryl methyl sites for hydroxylation is 1. The molecule has 1 aliphatic rings. The highest BCUT2D eigenvalue weighted by molar-refractivity contribution is 5.67. The third-order valence-electron chi connectivity index (χ3n) is 2.85. The summed E-state index contributed by atoms with van der Waals surface area (Å²) in [5, 5.41) is 8.73. The van der Waals surface area contributed by atoms with Crippen LogP contribution in [0.2, 0.25) is 0 Å². The first-order valence-corrected chi connectivity index (χ1v) is 5.72. The zero-order valence-corrected chi connectivity index (χ0v) is 9.46. The first-order valence-electron chi connectivity index (χ1n) is 5.72. The summed E-state index contributed by atoms with van der Waals surface area (Å²) in [6, 6.07) is 0.493. The van der Waals surface area contributed by atoms with Gasteiger partial charge in [-0.2, -0.15) is 0 Å². The van der Waals surface area contributed by atoms with Gasteiger partial charge in [-0.3, -0.25) is 4.79 Å². The number of anilines is 1. The Labute approximate surface area is 94.7 Å². The molecule has 1 heterocycles. The monoisotopic (exact) mass is 223 g/mol. The molecule has 0 spiro atoms. The Morgan fingerprint density at radius 3 is 3.00 bits per heavy atom. The molecule has 0 aromatic carbocycles. The second-order valence-corrected chi connectivity index (χ2v) is 4.08. The molecule has 5 nitrogen and oxygen atoms in total. The van der Waals surface area contributed by atoms with Crippen LogP contribution in [0.5, 0.6) is 0 Å². The number of carboxylic acid groups (broad SMARTS) is 1. The largest absolute Gasteiger partial charge is 0.481 e. The number of imidazole rings is 1. The Kier molecular flexibility index (Phi) is 3.12. The Balaban J connectivity index is 2.09. The number of hydrogen-bond acceptors (Lipinski definition) is 3. The second kappa shape index (κ2) is 4.55. The van der Waals surface area contributed by atoms with Gasteiger partial charge in [0, 0.05) is 31.5 Å². The average Bonchev–Trinajstić information content (AvgIpc) is 2.96. The molecule has 1 aromatic heterocycles. The third-order valence-corrected chi connectivity index (χ3v) is 2.85. The molecule has 2 rings (SSSR count). The summed E-state index contributed by atoms with van der Waals surface area (Å²) in [6.07, 6.45) is 6.18. The van der Waals surface area contributed by atoms with E-state index < -0.39 is 5.97 Å². The van der Waals surface area contributed by atoms with Crippen LogP contribution >= 0.6 is 0 Å². The van der Waals surface area contributed by atoms with E-state index in [-0.39, 0.29) is 6.42 Å². The molecule has 1 saturated carbocycles. The summed E-state index contributed by atoms with van der Waals surface area (Å²) in [4.78, 5) is 17.1. The lowest BCUT2D eigenvalue weighted by Gasteiger charge is -2.23. The van der Waals surface area contributed by atoms with E-state index in [0.717, 1.165) is 25.3 Å². The first-order chi connectivity index (χ1) is 7.72. The molecule has 0 amide bonds. The smallest absolute Gasteiger partial charge is 0.305 e. The second-order valence-electron chi connectivity index (χ2n) is 4.08. The van der Waals surface area contributed by atoms with Gasteiger partial charge in [-0.15, -0.1) is 0 Å². The Morgan fingerprint density at radius 1 is 1.69 bits per heavy atom. The molecule has 0 radical (unpaired) electrons. The predicted octanol–water partition coefficient (Wildman–Crippen LogP) is 1.35. The van der Waals surface area contributed by atoms with Crippen LogP contribution in [0.1, 0.15) is 26.2 Å². The Morgan fingerprint density at radius 2 is 2.44 bits per heavy atom. The Bertz CT molecular complexity index is 371. The zero-order chi connectivity index (χ0) is 11.5. The van der Waals surface area contributed by atoms with Crippen molar-refractivity contribution in [3.63, 3.8) is 0 Å². The van der Waals surface area contributed by atoms with E-state index in [4.69, 9.17) is 5.11 Å². The average molecular weight is 223 g/mol. The lowest BCUT2D eigenvalue weighted by molar-refractivity contribution is -0.136. The summed E-state index contributed by atoms with van der Waals surface area (Å²) >= 11 is 0. The van der Waals surface area contributed by atoms with Crippen LogP contribution in [0.25, 0.3) is 0 Å². The molecular weight excluding hydrogens is 206 g/mol.